The van der Waals surface area contributed by atoms with Crippen molar-refractivity contribution in [3.8, 4) is 0 Å². The Bertz CT molecular complexity index is 107. The van der Waals surface area contributed by atoms with Crippen LogP contribution in [-0.4, -0.2) is 24.0 Å². The first-order valence-corrected chi connectivity index (χ1v) is 3.98. The second-order valence-corrected chi connectivity index (χ2v) is 2.93. The van der Waals surface area contributed by atoms with Gasteiger partial charge in [-0.05, 0) is 0 Å². The van der Waals surface area contributed by atoms with Gasteiger partial charge < -0.3 is 4.74 Å². The van der Waals surface area contributed by atoms with E-state index in [0.29, 0.717) is 0 Å². The summed E-state index contributed by atoms with van der Waals surface area (Å²) in [6.45, 7) is 3.54. The van der Waals surface area contributed by atoms with E-state index in [4.69, 9.17) is 0 Å². The Labute approximate surface area is 58.3 Å². The molecule has 1 fully saturated rings. The molecule has 0 spiro atoms. The van der Waals surface area contributed by atoms with Crippen molar-refractivity contribution in [1.29, 1.82) is 0 Å². The predicted molar refractivity (Wildman–Crippen MR) is 37.3 cm³/mol. The summed E-state index contributed by atoms with van der Waals surface area (Å²) in [5, 5.41) is 0. The highest BCUT2D eigenvalue weighted by molar-refractivity contribution is 7.99. The number of hydrogen-bond acceptors (Lipinski definition) is 2. The lowest BCUT2D eigenvalue weighted by Crippen LogP contribution is -1.92. The predicted octanol–water partition coefficient (Wildman–Crippen LogP) is 1.60. The number of epoxide rings is 1. The number of rotatable bonds is 4. The highest BCUT2D eigenvalue weighted by Crippen LogP contribution is 2.26. The first-order chi connectivity index (χ1) is 4.34. The van der Waals surface area contributed by atoms with Gasteiger partial charge >= 0.3 is 0 Å². The van der Waals surface area contributed by atoms with E-state index in [1.54, 1.807) is 17.8 Å². The maximum Gasteiger partial charge on any atom is 0.226 e. The molecule has 0 N–H and O–H groups in total. The summed E-state index contributed by atoms with van der Waals surface area (Å²) in [5.41, 5.74) is 0. The van der Waals surface area contributed by atoms with Crippen LogP contribution in [0.15, 0.2) is 12.7 Å². The van der Waals surface area contributed by atoms with E-state index in [-0.39, 0.29) is 6.10 Å². The summed E-state index contributed by atoms with van der Waals surface area (Å²) in [5.74, 6) is 1.64. The summed E-state index contributed by atoms with van der Waals surface area (Å²) in [7, 11) is 0. The van der Waals surface area contributed by atoms with Gasteiger partial charge in [-0.25, -0.2) is 4.39 Å². The monoisotopic (exact) mass is 148 g/mol. The van der Waals surface area contributed by atoms with Crippen LogP contribution in [-0.2, 0) is 4.74 Å². The molecule has 1 rings (SSSR count). The maximum atomic E-state index is 11.9. The zero-order valence-electron chi connectivity index (χ0n) is 5.05. The standard InChI is InChI=1S/C6H9FOS/c1-2-3-9-4-5-6(7)8-5/h2,5-6H,1,3-4H2. The smallest absolute Gasteiger partial charge is 0.226 e. The molecule has 2 atom stereocenters. The zero-order chi connectivity index (χ0) is 6.69. The summed E-state index contributed by atoms with van der Waals surface area (Å²) in [6, 6.07) is 0. The minimum atomic E-state index is -0.984. The fourth-order valence-corrected chi connectivity index (χ4v) is 1.27. The van der Waals surface area contributed by atoms with E-state index in [1.807, 2.05) is 0 Å². The number of halogens is 1. The second kappa shape index (κ2) is 3.22. The third-order valence-corrected chi connectivity index (χ3v) is 2.07. The lowest BCUT2D eigenvalue weighted by molar-refractivity contribution is 0.266. The molecule has 0 bridgehead atoms. The zero-order valence-corrected chi connectivity index (χ0v) is 5.86. The third kappa shape index (κ3) is 2.37. The van der Waals surface area contributed by atoms with E-state index in [9.17, 15) is 4.39 Å². The Morgan fingerprint density at radius 1 is 1.78 bits per heavy atom. The van der Waals surface area contributed by atoms with Crippen LogP contribution in [0, 0.1) is 0 Å². The molecule has 1 aliphatic heterocycles. The second-order valence-electron chi connectivity index (χ2n) is 1.85. The van der Waals surface area contributed by atoms with Gasteiger partial charge in [-0.1, -0.05) is 6.08 Å². The molecule has 0 saturated carbocycles. The van der Waals surface area contributed by atoms with Gasteiger partial charge in [0, 0.05) is 11.5 Å². The van der Waals surface area contributed by atoms with Gasteiger partial charge in [0.25, 0.3) is 0 Å². The first-order valence-electron chi connectivity index (χ1n) is 2.83. The van der Waals surface area contributed by atoms with Crippen molar-refractivity contribution >= 4 is 11.8 Å². The van der Waals surface area contributed by atoms with Crippen molar-refractivity contribution in [3.63, 3.8) is 0 Å². The van der Waals surface area contributed by atoms with Crippen molar-refractivity contribution in [2.75, 3.05) is 11.5 Å². The lowest BCUT2D eigenvalue weighted by Gasteiger charge is -1.88. The minimum absolute atomic E-state index is 0.130. The molecule has 1 aliphatic rings. The van der Waals surface area contributed by atoms with Gasteiger partial charge in [-0.2, -0.15) is 11.8 Å². The van der Waals surface area contributed by atoms with E-state index >= 15 is 0 Å². The topological polar surface area (TPSA) is 12.5 Å². The number of thioether (sulfide) groups is 1. The third-order valence-electron chi connectivity index (χ3n) is 1.04. The highest BCUT2D eigenvalue weighted by Gasteiger charge is 2.38. The van der Waals surface area contributed by atoms with Gasteiger partial charge in [0.05, 0.1) is 0 Å². The molecule has 52 valence electrons. The summed E-state index contributed by atoms with van der Waals surface area (Å²) in [4.78, 5) is 0. The minimum Gasteiger partial charge on any atom is -0.336 e. The Hall–Kier alpha value is -0.0200. The van der Waals surface area contributed by atoms with Crippen LogP contribution in [0.25, 0.3) is 0 Å². The van der Waals surface area contributed by atoms with Crippen molar-refractivity contribution in [3.05, 3.63) is 12.7 Å². The molecule has 1 saturated heterocycles. The molecule has 0 amide bonds. The van der Waals surface area contributed by atoms with E-state index < -0.39 is 6.36 Å². The average molecular weight is 148 g/mol. The molecular formula is C6H9FOS. The number of hydrogen-bond donors (Lipinski definition) is 0. The number of ether oxygens (including phenoxy) is 1. The highest BCUT2D eigenvalue weighted by atomic mass is 32.2. The van der Waals surface area contributed by atoms with E-state index in [0.717, 1.165) is 11.5 Å². The lowest BCUT2D eigenvalue weighted by atomic mass is 10.5. The molecule has 0 aliphatic carbocycles. The fourth-order valence-electron chi connectivity index (χ4n) is 0.504. The van der Waals surface area contributed by atoms with Crippen LogP contribution < -0.4 is 0 Å². The van der Waals surface area contributed by atoms with Gasteiger partial charge in [-0.15, -0.1) is 6.58 Å². The van der Waals surface area contributed by atoms with Crippen molar-refractivity contribution in [2.24, 2.45) is 0 Å². The Morgan fingerprint density at radius 3 is 2.89 bits per heavy atom. The van der Waals surface area contributed by atoms with E-state index in [2.05, 4.69) is 11.3 Å². The molecule has 1 nitrogen and oxygen atoms in total. The van der Waals surface area contributed by atoms with Crippen LogP contribution in [0.1, 0.15) is 0 Å². The van der Waals surface area contributed by atoms with Crippen LogP contribution in [0.5, 0.6) is 0 Å². The quantitative estimate of drug-likeness (QED) is 0.341. The molecule has 0 aromatic carbocycles. The van der Waals surface area contributed by atoms with Crippen LogP contribution in [0.2, 0.25) is 0 Å². The van der Waals surface area contributed by atoms with Crippen molar-refractivity contribution in [2.45, 2.75) is 12.5 Å². The van der Waals surface area contributed by atoms with E-state index in [1.165, 1.54) is 0 Å². The van der Waals surface area contributed by atoms with Crippen LogP contribution >= 0.6 is 11.8 Å². The van der Waals surface area contributed by atoms with Crippen LogP contribution in [0.3, 0.4) is 0 Å². The normalized spacial score (nSPS) is 32.1. The fraction of sp³-hybridized carbons (Fsp3) is 0.667. The molecule has 2 unspecified atom stereocenters. The van der Waals surface area contributed by atoms with Crippen LogP contribution in [0.4, 0.5) is 4.39 Å². The van der Waals surface area contributed by atoms with Gasteiger partial charge in [0.1, 0.15) is 6.10 Å². The number of alkyl halides is 1. The Balaban J connectivity index is 1.88. The SMILES string of the molecule is C=CCSCC1OC1F. The largest absolute Gasteiger partial charge is 0.336 e. The molecule has 9 heavy (non-hydrogen) atoms. The Morgan fingerprint density at radius 2 is 2.44 bits per heavy atom. The van der Waals surface area contributed by atoms with Gasteiger partial charge in [0.2, 0.25) is 6.36 Å². The first kappa shape index (κ1) is 7.09. The molecule has 1 heterocycles. The Kier molecular flexibility index (Phi) is 2.54. The summed E-state index contributed by atoms with van der Waals surface area (Å²) < 4.78 is 16.5. The molecule has 0 aromatic heterocycles. The average Bonchev–Trinajstić information content (AvgIpc) is 2.48. The van der Waals surface area contributed by atoms with Crippen molar-refractivity contribution < 1.29 is 9.13 Å². The van der Waals surface area contributed by atoms with Crippen molar-refractivity contribution in [1.82, 2.24) is 0 Å². The van der Waals surface area contributed by atoms with Gasteiger partial charge in [-0.3, -0.25) is 0 Å². The summed E-state index contributed by atoms with van der Waals surface area (Å²) in [6.07, 6.45) is 0.692. The maximum absolute atomic E-state index is 11.9. The molecule has 0 aromatic rings. The van der Waals surface area contributed by atoms with Gasteiger partial charge in [0.15, 0.2) is 0 Å². The molecule has 0 radical (unpaired) electrons. The summed E-state index contributed by atoms with van der Waals surface area (Å²) >= 11 is 1.64. The molecule has 3 heteroatoms. The molecular weight excluding hydrogens is 139 g/mol.